The van der Waals surface area contributed by atoms with Crippen molar-refractivity contribution < 1.29 is 8.42 Å². The quantitative estimate of drug-likeness (QED) is 0.789. The minimum atomic E-state index is -3.53. The predicted molar refractivity (Wildman–Crippen MR) is 85.9 cm³/mol. The van der Waals surface area contributed by atoms with Crippen LogP contribution in [-0.4, -0.2) is 8.42 Å². The van der Waals surface area contributed by atoms with Gasteiger partial charge in [-0.05, 0) is 51.8 Å². The fraction of sp³-hybridized carbons (Fsp3) is 0.0769. The van der Waals surface area contributed by atoms with E-state index in [1.54, 1.807) is 24.3 Å². The van der Waals surface area contributed by atoms with Crippen molar-refractivity contribution >= 4 is 54.7 Å². The van der Waals surface area contributed by atoms with Gasteiger partial charge in [0.1, 0.15) is 0 Å². The summed E-state index contributed by atoms with van der Waals surface area (Å²) in [6.45, 7) is 0. The third-order valence-corrected chi connectivity index (χ3v) is 5.87. The number of nitrogens with two attached hydrogens (primary N) is 1. The van der Waals surface area contributed by atoms with Gasteiger partial charge >= 0.3 is 0 Å². The van der Waals surface area contributed by atoms with E-state index in [2.05, 4.69) is 15.9 Å². The number of benzene rings is 2. The molecule has 0 aliphatic heterocycles. The van der Waals surface area contributed by atoms with Crippen LogP contribution in [0.15, 0.2) is 45.8 Å². The Kier molecular flexibility index (Phi) is 4.64. The molecule has 0 saturated carbocycles. The van der Waals surface area contributed by atoms with Gasteiger partial charge in [0.05, 0.1) is 10.6 Å². The molecule has 2 aromatic rings. The molecule has 0 radical (unpaired) electrons. The summed E-state index contributed by atoms with van der Waals surface area (Å²) in [7, 11) is -3.53. The molecule has 0 aliphatic rings. The summed E-state index contributed by atoms with van der Waals surface area (Å²) in [5.41, 5.74) is 6.59. The molecule has 0 spiro atoms. The Balaban J connectivity index is 2.41. The number of hydrogen-bond donors (Lipinski definition) is 1. The smallest absolute Gasteiger partial charge is 0.183 e. The molecule has 0 aliphatic carbocycles. The Morgan fingerprint density at radius 3 is 2.40 bits per heavy atom. The molecule has 0 amide bonds. The standard InChI is InChI=1S/C13H10BrCl2NO2S/c14-11-6-10(17)3-4-13(11)20(18,19)7-8-1-2-9(15)5-12(8)16/h1-6H,7,17H2. The van der Waals surface area contributed by atoms with Gasteiger partial charge in [-0.2, -0.15) is 0 Å². The van der Waals surface area contributed by atoms with Gasteiger partial charge in [0.2, 0.25) is 0 Å². The van der Waals surface area contributed by atoms with E-state index in [9.17, 15) is 8.42 Å². The van der Waals surface area contributed by atoms with Gasteiger partial charge in [-0.25, -0.2) is 8.42 Å². The average molecular weight is 395 g/mol. The van der Waals surface area contributed by atoms with E-state index in [0.717, 1.165) is 0 Å². The van der Waals surface area contributed by atoms with Gasteiger partial charge in [0.25, 0.3) is 0 Å². The highest BCUT2D eigenvalue weighted by molar-refractivity contribution is 9.10. The molecule has 2 rings (SSSR count). The monoisotopic (exact) mass is 393 g/mol. The summed E-state index contributed by atoms with van der Waals surface area (Å²) >= 11 is 15.0. The van der Waals surface area contributed by atoms with Crippen LogP contribution in [0.4, 0.5) is 5.69 Å². The number of rotatable bonds is 3. The molecule has 0 saturated heterocycles. The van der Waals surface area contributed by atoms with Crippen molar-refractivity contribution in [2.45, 2.75) is 10.6 Å². The SMILES string of the molecule is Nc1ccc(S(=O)(=O)Cc2ccc(Cl)cc2Cl)c(Br)c1. The molecule has 0 aromatic heterocycles. The maximum atomic E-state index is 12.4. The summed E-state index contributed by atoms with van der Waals surface area (Å²) in [6.07, 6.45) is 0. The van der Waals surface area contributed by atoms with Gasteiger partial charge in [-0.15, -0.1) is 0 Å². The minimum absolute atomic E-state index is 0.178. The normalized spacial score (nSPS) is 11.6. The second-order valence-electron chi connectivity index (χ2n) is 4.18. The molecular weight excluding hydrogens is 385 g/mol. The maximum absolute atomic E-state index is 12.4. The van der Waals surface area contributed by atoms with Crippen LogP contribution in [0.5, 0.6) is 0 Å². The van der Waals surface area contributed by atoms with Crippen LogP contribution in [0, 0.1) is 0 Å². The van der Waals surface area contributed by atoms with E-state index in [4.69, 9.17) is 28.9 Å². The van der Waals surface area contributed by atoms with Gasteiger partial charge in [-0.1, -0.05) is 29.3 Å². The predicted octanol–water partition coefficient (Wildman–Crippen LogP) is 4.31. The molecule has 0 fully saturated rings. The van der Waals surface area contributed by atoms with Crippen LogP contribution >= 0.6 is 39.1 Å². The second kappa shape index (κ2) is 5.93. The van der Waals surface area contributed by atoms with E-state index in [1.807, 2.05) is 0 Å². The molecular formula is C13H10BrCl2NO2S. The summed E-state index contributed by atoms with van der Waals surface area (Å²) in [4.78, 5) is 0.178. The minimum Gasteiger partial charge on any atom is -0.399 e. The van der Waals surface area contributed by atoms with E-state index in [0.29, 0.717) is 25.8 Å². The van der Waals surface area contributed by atoms with Crippen molar-refractivity contribution in [2.24, 2.45) is 0 Å². The zero-order valence-electron chi connectivity index (χ0n) is 10.1. The highest BCUT2D eigenvalue weighted by atomic mass is 79.9. The molecule has 2 N–H and O–H groups in total. The molecule has 20 heavy (non-hydrogen) atoms. The number of anilines is 1. The molecule has 106 valence electrons. The number of hydrogen-bond acceptors (Lipinski definition) is 3. The van der Waals surface area contributed by atoms with Crippen molar-refractivity contribution in [3.05, 3.63) is 56.5 Å². The Labute approximate surface area is 135 Å². The molecule has 0 heterocycles. The first-order valence-corrected chi connectivity index (χ1v) is 8.71. The van der Waals surface area contributed by atoms with Gasteiger partial charge < -0.3 is 5.73 Å². The van der Waals surface area contributed by atoms with Crippen molar-refractivity contribution in [1.29, 1.82) is 0 Å². The highest BCUT2D eigenvalue weighted by Gasteiger charge is 2.20. The largest absolute Gasteiger partial charge is 0.399 e. The fourth-order valence-corrected chi connectivity index (χ4v) is 4.83. The number of sulfone groups is 1. The van der Waals surface area contributed by atoms with Gasteiger partial charge in [0, 0.05) is 20.2 Å². The van der Waals surface area contributed by atoms with Crippen LogP contribution in [0.2, 0.25) is 10.0 Å². The molecule has 0 bridgehead atoms. The average Bonchev–Trinajstić information content (AvgIpc) is 2.32. The first-order chi connectivity index (χ1) is 9.29. The summed E-state index contributed by atoms with van der Waals surface area (Å²) < 4.78 is 25.2. The Morgan fingerprint density at radius 2 is 1.80 bits per heavy atom. The van der Waals surface area contributed by atoms with Crippen LogP contribution in [0.3, 0.4) is 0 Å². The lowest BCUT2D eigenvalue weighted by Crippen LogP contribution is -2.06. The lowest BCUT2D eigenvalue weighted by atomic mass is 10.2. The third-order valence-electron chi connectivity index (χ3n) is 2.65. The van der Waals surface area contributed by atoms with Crippen LogP contribution in [-0.2, 0) is 15.6 Å². The zero-order chi connectivity index (χ0) is 14.9. The van der Waals surface area contributed by atoms with Gasteiger partial charge in [-0.3, -0.25) is 0 Å². The first-order valence-electron chi connectivity index (χ1n) is 5.51. The Morgan fingerprint density at radius 1 is 1.10 bits per heavy atom. The lowest BCUT2D eigenvalue weighted by Gasteiger charge is -2.09. The van der Waals surface area contributed by atoms with Crippen molar-refractivity contribution in [1.82, 2.24) is 0 Å². The molecule has 7 heteroatoms. The zero-order valence-corrected chi connectivity index (χ0v) is 14.0. The number of halogens is 3. The Hall–Kier alpha value is -0.750. The van der Waals surface area contributed by atoms with E-state index >= 15 is 0 Å². The second-order valence-corrected chi connectivity index (χ2v) is 7.84. The van der Waals surface area contributed by atoms with Crippen LogP contribution in [0.25, 0.3) is 0 Å². The van der Waals surface area contributed by atoms with Crippen molar-refractivity contribution in [3.63, 3.8) is 0 Å². The first kappa shape index (κ1) is 15.6. The summed E-state index contributed by atoms with van der Waals surface area (Å²) in [5, 5.41) is 0.789. The summed E-state index contributed by atoms with van der Waals surface area (Å²) in [6, 6.07) is 9.30. The Bertz CT molecular complexity index is 763. The van der Waals surface area contributed by atoms with E-state index < -0.39 is 9.84 Å². The third kappa shape index (κ3) is 3.47. The maximum Gasteiger partial charge on any atom is 0.183 e. The van der Waals surface area contributed by atoms with E-state index in [1.165, 1.54) is 12.1 Å². The number of nitrogen functional groups attached to an aromatic ring is 1. The van der Waals surface area contributed by atoms with Crippen LogP contribution in [0.1, 0.15) is 5.56 Å². The molecule has 0 unspecified atom stereocenters. The molecule has 2 aromatic carbocycles. The highest BCUT2D eigenvalue weighted by Crippen LogP contribution is 2.29. The van der Waals surface area contributed by atoms with E-state index in [-0.39, 0.29) is 10.6 Å². The van der Waals surface area contributed by atoms with Crippen molar-refractivity contribution in [3.8, 4) is 0 Å². The molecule has 3 nitrogen and oxygen atoms in total. The summed E-state index contributed by atoms with van der Waals surface area (Å²) in [5.74, 6) is -0.203. The lowest BCUT2D eigenvalue weighted by molar-refractivity contribution is 0.595. The fourth-order valence-electron chi connectivity index (χ4n) is 1.69. The van der Waals surface area contributed by atoms with Crippen molar-refractivity contribution in [2.75, 3.05) is 5.73 Å². The van der Waals surface area contributed by atoms with Crippen LogP contribution < -0.4 is 5.73 Å². The topological polar surface area (TPSA) is 60.2 Å². The molecule has 0 atom stereocenters. The van der Waals surface area contributed by atoms with Gasteiger partial charge in [0.15, 0.2) is 9.84 Å².